The fraction of sp³-hybridized carbons (Fsp3) is 0.464. The third kappa shape index (κ3) is 8.76. The number of esters is 1. The maximum absolute atomic E-state index is 11.7. The van der Waals surface area contributed by atoms with Crippen LogP contribution in [0.5, 0.6) is 11.5 Å². The molecular formula is C28H36BrN5O5. The van der Waals surface area contributed by atoms with Gasteiger partial charge in [-0.3, -0.25) is 9.69 Å². The van der Waals surface area contributed by atoms with E-state index in [-0.39, 0.29) is 5.97 Å². The monoisotopic (exact) mass is 601 g/mol. The molecule has 0 spiro atoms. The molecule has 0 atom stereocenters. The number of piperazine rings is 1. The smallest absolute Gasteiger partial charge is 0.320 e. The van der Waals surface area contributed by atoms with Crippen LogP contribution >= 0.6 is 15.9 Å². The minimum Gasteiger partial charge on any atom is -0.490 e. The number of carbonyl (C=O) groups is 1. The number of halogens is 1. The lowest BCUT2D eigenvalue weighted by Crippen LogP contribution is -2.48. The lowest BCUT2D eigenvalue weighted by Gasteiger charge is -2.34. The lowest BCUT2D eigenvalue weighted by atomic mass is 10.2. The molecule has 1 fully saturated rings. The number of nitrogens with zero attached hydrogens (tertiary/aromatic N) is 4. The number of methoxy groups -OCH3 is 1. The molecule has 0 bridgehead atoms. The van der Waals surface area contributed by atoms with Crippen molar-refractivity contribution < 1.29 is 23.7 Å². The number of ether oxygens (including phenoxy) is 4. The summed E-state index contributed by atoms with van der Waals surface area (Å²) in [6.45, 7) is 8.51. The fourth-order valence-electron chi connectivity index (χ4n) is 4.36. The van der Waals surface area contributed by atoms with Crippen molar-refractivity contribution in [2.75, 3.05) is 78.1 Å². The normalized spacial score (nSPS) is 14.3. The second kappa shape index (κ2) is 15.0. The zero-order valence-electron chi connectivity index (χ0n) is 22.5. The van der Waals surface area contributed by atoms with Crippen molar-refractivity contribution in [3.63, 3.8) is 0 Å². The van der Waals surface area contributed by atoms with Gasteiger partial charge in [0.25, 0.3) is 0 Å². The number of rotatable bonds is 14. The van der Waals surface area contributed by atoms with E-state index in [1.165, 1.54) is 0 Å². The Morgan fingerprint density at radius 3 is 2.54 bits per heavy atom. The van der Waals surface area contributed by atoms with Gasteiger partial charge in [0.15, 0.2) is 11.5 Å². The summed E-state index contributed by atoms with van der Waals surface area (Å²) in [5, 5.41) is 4.20. The van der Waals surface area contributed by atoms with Crippen molar-refractivity contribution >= 4 is 44.3 Å². The SMILES string of the molecule is CCOC(=O)CN1CCN(CCCOc2cc3ncnc(Nc4cccc(Br)c4)c3cc2OCCOC)CC1. The number of nitrogens with one attached hydrogen (secondary N) is 1. The molecule has 1 aliphatic heterocycles. The van der Waals surface area contributed by atoms with E-state index in [4.69, 9.17) is 18.9 Å². The van der Waals surface area contributed by atoms with Gasteiger partial charge in [-0.25, -0.2) is 9.97 Å². The molecule has 39 heavy (non-hydrogen) atoms. The summed E-state index contributed by atoms with van der Waals surface area (Å²) in [7, 11) is 1.64. The van der Waals surface area contributed by atoms with Crippen molar-refractivity contribution in [1.82, 2.24) is 19.8 Å². The number of hydrogen-bond acceptors (Lipinski definition) is 10. The minimum absolute atomic E-state index is 0.153. The highest BCUT2D eigenvalue weighted by molar-refractivity contribution is 9.10. The molecule has 0 amide bonds. The molecule has 4 rings (SSSR count). The van der Waals surface area contributed by atoms with Crippen LogP contribution in [0.3, 0.4) is 0 Å². The predicted octanol–water partition coefficient (Wildman–Crippen LogP) is 4.11. The van der Waals surface area contributed by atoms with Gasteiger partial charge < -0.3 is 29.2 Å². The molecule has 2 heterocycles. The second-order valence-electron chi connectivity index (χ2n) is 9.14. The molecule has 1 saturated heterocycles. The molecule has 1 N–H and O–H groups in total. The van der Waals surface area contributed by atoms with Crippen molar-refractivity contribution in [1.29, 1.82) is 0 Å². The Labute approximate surface area is 237 Å². The second-order valence-corrected chi connectivity index (χ2v) is 10.1. The molecule has 10 nitrogen and oxygen atoms in total. The first-order valence-corrected chi connectivity index (χ1v) is 14.0. The van der Waals surface area contributed by atoms with Crippen LogP contribution < -0.4 is 14.8 Å². The van der Waals surface area contributed by atoms with E-state index in [9.17, 15) is 4.79 Å². The van der Waals surface area contributed by atoms with Gasteiger partial charge in [-0.2, -0.15) is 0 Å². The first-order chi connectivity index (χ1) is 19.1. The molecule has 0 saturated carbocycles. The van der Waals surface area contributed by atoms with Crippen LogP contribution in [-0.4, -0.2) is 98.5 Å². The molecule has 11 heteroatoms. The molecule has 210 valence electrons. The number of anilines is 2. The van der Waals surface area contributed by atoms with E-state index in [1.54, 1.807) is 13.4 Å². The van der Waals surface area contributed by atoms with E-state index in [1.807, 2.05) is 43.3 Å². The minimum atomic E-state index is -0.153. The van der Waals surface area contributed by atoms with E-state index in [0.717, 1.165) is 60.2 Å². The number of hydrogen-bond donors (Lipinski definition) is 1. The number of aromatic nitrogens is 2. The summed E-state index contributed by atoms with van der Waals surface area (Å²) in [5.74, 6) is 1.80. The van der Waals surface area contributed by atoms with Crippen LogP contribution in [-0.2, 0) is 14.3 Å². The quantitative estimate of drug-likeness (QED) is 0.215. The van der Waals surface area contributed by atoms with Crippen LogP contribution in [0.2, 0.25) is 0 Å². The molecule has 3 aromatic rings. The van der Waals surface area contributed by atoms with Gasteiger partial charge in [0, 0.05) is 61.4 Å². The maximum Gasteiger partial charge on any atom is 0.320 e. The van der Waals surface area contributed by atoms with E-state index >= 15 is 0 Å². The first-order valence-electron chi connectivity index (χ1n) is 13.2. The van der Waals surface area contributed by atoms with E-state index in [0.29, 0.717) is 50.3 Å². The van der Waals surface area contributed by atoms with Gasteiger partial charge in [0.1, 0.15) is 18.8 Å². The summed E-state index contributed by atoms with van der Waals surface area (Å²) in [6.07, 6.45) is 2.41. The topological polar surface area (TPSA) is 98.3 Å². The summed E-state index contributed by atoms with van der Waals surface area (Å²) >= 11 is 3.51. The standard InChI is InChI=1S/C28H36BrN5O5/c1-3-37-27(35)19-34-11-9-33(10-12-34)8-5-13-38-26-18-24-23(17-25(26)39-15-14-36-2)28(31-20-30-24)32-22-7-4-6-21(29)16-22/h4,6-7,16-18,20H,3,5,8-15,19H2,1-2H3,(H,30,31,32). The maximum atomic E-state index is 11.7. The van der Waals surface area contributed by atoms with Crippen molar-refractivity contribution in [3.8, 4) is 11.5 Å². The van der Waals surface area contributed by atoms with Crippen LogP contribution in [0.4, 0.5) is 11.5 Å². The predicted molar refractivity (Wildman–Crippen MR) is 154 cm³/mol. The van der Waals surface area contributed by atoms with Crippen molar-refractivity contribution in [3.05, 3.63) is 47.2 Å². The molecule has 1 aliphatic rings. The molecule has 0 unspecified atom stereocenters. The first kappa shape index (κ1) is 29.0. The fourth-order valence-corrected chi connectivity index (χ4v) is 4.76. The van der Waals surface area contributed by atoms with Gasteiger partial charge in [-0.1, -0.05) is 22.0 Å². The Morgan fingerprint density at radius 1 is 1.00 bits per heavy atom. The highest BCUT2D eigenvalue weighted by Gasteiger charge is 2.19. The Kier molecular flexibility index (Phi) is 11.1. The summed E-state index contributed by atoms with van der Waals surface area (Å²) in [5.41, 5.74) is 1.67. The summed E-state index contributed by atoms with van der Waals surface area (Å²) in [6, 6.07) is 11.7. The molecule has 0 aliphatic carbocycles. The highest BCUT2D eigenvalue weighted by Crippen LogP contribution is 2.35. The third-order valence-electron chi connectivity index (χ3n) is 6.33. The number of benzene rings is 2. The molecular weight excluding hydrogens is 566 g/mol. The number of carbonyl (C=O) groups excluding carboxylic acids is 1. The average Bonchev–Trinajstić information content (AvgIpc) is 2.92. The van der Waals surface area contributed by atoms with Crippen molar-refractivity contribution in [2.24, 2.45) is 0 Å². The third-order valence-corrected chi connectivity index (χ3v) is 6.83. The van der Waals surface area contributed by atoms with Gasteiger partial charge >= 0.3 is 5.97 Å². The Balaban J connectivity index is 1.36. The Morgan fingerprint density at radius 2 is 1.77 bits per heavy atom. The van der Waals surface area contributed by atoms with E-state index in [2.05, 4.69) is 41.0 Å². The molecule has 0 radical (unpaired) electrons. The van der Waals surface area contributed by atoms with Crippen LogP contribution in [0.25, 0.3) is 10.9 Å². The zero-order chi connectivity index (χ0) is 27.5. The molecule has 2 aromatic carbocycles. The average molecular weight is 603 g/mol. The summed E-state index contributed by atoms with van der Waals surface area (Å²) in [4.78, 5) is 25.2. The number of fused-ring (bicyclic) bond motifs is 1. The van der Waals surface area contributed by atoms with Gasteiger partial charge in [0.05, 0.1) is 31.9 Å². The lowest BCUT2D eigenvalue weighted by molar-refractivity contribution is -0.144. The van der Waals surface area contributed by atoms with Crippen LogP contribution in [0.15, 0.2) is 47.2 Å². The largest absolute Gasteiger partial charge is 0.490 e. The van der Waals surface area contributed by atoms with Crippen LogP contribution in [0, 0.1) is 0 Å². The van der Waals surface area contributed by atoms with Gasteiger partial charge in [-0.05, 0) is 37.6 Å². The van der Waals surface area contributed by atoms with Crippen LogP contribution in [0.1, 0.15) is 13.3 Å². The summed E-state index contributed by atoms with van der Waals surface area (Å²) < 4.78 is 23.4. The Bertz CT molecular complexity index is 1220. The van der Waals surface area contributed by atoms with E-state index < -0.39 is 0 Å². The Hall–Kier alpha value is -2.99. The van der Waals surface area contributed by atoms with Gasteiger partial charge in [-0.15, -0.1) is 0 Å². The zero-order valence-corrected chi connectivity index (χ0v) is 24.1. The van der Waals surface area contributed by atoms with Crippen molar-refractivity contribution in [2.45, 2.75) is 13.3 Å². The molecule has 1 aromatic heterocycles. The highest BCUT2D eigenvalue weighted by atomic mass is 79.9. The van der Waals surface area contributed by atoms with Gasteiger partial charge in [0.2, 0.25) is 0 Å².